The summed E-state index contributed by atoms with van der Waals surface area (Å²) in [6.45, 7) is 1.68. The van der Waals surface area contributed by atoms with Crippen molar-refractivity contribution < 1.29 is 14.0 Å². The summed E-state index contributed by atoms with van der Waals surface area (Å²) in [5.41, 5.74) is 0. The monoisotopic (exact) mass is 210 g/mol. The molecular weight excluding hydrogens is 196 g/mol. The summed E-state index contributed by atoms with van der Waals surface area (Å²) in [6, 6.07) is 3.00. The highest BCUT2D eigenvalue weighted by atomic mass is 16.3. The van der Waals surface area contributed by atoms with E-state index >= 15 is 0 Å². The number of imide groups is 1. The molecule has 1 atom stereocenters. The first-order chi connectivity index (χ1) is 7.13. The van der Waals surface area contributed by atoms with Crippen molar-refractivity contribution in [3.63, 3.8) is 0 Å². The molecule has 0 spiro atoms. The predicted molar refractivity (Wildman–Crippen MR) is 54.1 cm³/mol. The number of nitrogens with one attached hydrogen (secondary N) is 2. The lowest BCUT2D eigenvalue weighted by atomic mass is 10.3. The number of likely N-dealkylation sites (N-methyl/N-ethyl adjacent to an activating group) is 1. The van der Waals surface area contributed by atoms with Gasteiger partial charge in [-0.1, -0.05) is 0 Å². The van der Waals surface area contributed by atoms with E-state index in [9.17, 15) is 9.59 Å². The van der Waals surface area contributed by atoms with Crippen LogP contribution < -0.4 is 10.6 Å². The number of hydrogen-bond acceptors (Lipinski definition) is 4. The van der Waals surface area contributed by atoms with Crippen molar-refractivity contribution in [1.29, 1.82) is 0 Å². The lowest BCUT2D eigenvalue weighted by molar-refractivity contribution is -0.131. The molecule has 0 saturated carbocycles. The van der Waals surface area contributed by atoms with E-state index in [1.54, 1.807) is 26.1 Å². The summed E-state index contributed by atoms with van der Waals surface area (Å²) in [4.78, 5) is 22.6. The zero-order valence-electron chi connectivity index (χ0n) is 8.74. The average Bonchev–Trinajstić information content (AvgIpc) is 2.68. The second-order valence-electron chi connectivity index (χ2n) is 3.18. The highest BCUT2D eigenvalue weighted by Gasteiger charge is 2.14. The van der Waals surface area contributed by atoms with Crippen LogP contribution in [0.3, 0.4) is 0 Å². The number of furan rings is 1. The molecular formula is C10H14N2O3. The fraction of sp³-hybridized carbons (Fsp3) is 0.400. The van der Waals surface area contributed by atoms with E-state index in [1.165, 1.54) is 6.26 Å². The molecule has 5 nitrogen and oxygen atoms in total. The lowest BCUT2D eigenvalue weighted by Gasteiger charge is -2.09. The standard InChI is InChI=1S/C10H14N2O3/c1-7(11-2)10(14)12-9(13)6-8-4-3-5-15-8/h3-5,7,11H,6H2,1-2H3,(H,12,13,14)/t7-/m1/s1. The van der Waals surface area contributed by atoms with E-state index in [0.29, 0.717) is 5.76 Å². The molecule has 15 heavy (non-hydrogen) atoms. The van der Waals surface area contributed by atoms with Gasteiger partial charge in [0.1, 0.15) is 5.76 Å². The number of hydrogen-bond donors (Lipinski definition) is 2. The molecule has 2 N–H and O–H groups in total. The minimum absolute atomic E-state index is 0.0785. The van der Waals surface area contributed by atoms with Crippen LogP contribution in [0.1, 0.15) is 12.7 Å². The maximum absolute atomic E-state index is 11.3. The first kappa shape index (κ1) is 11.5. The Bertz CT molecular complexity index is 332. The van der Waals surface area contributed by atoms with Crippen molar-refractivity contribution >= 4 is 11.8 Å². The molecule has 1 rings (SSSR count). The Hall–Kier alpha value is -1.62. The summed E-state index contributed by atoms with van der Waals surface area (Å²) in [5, 5.41) is 5.01. The van der Waals surface area contributed by atoms with Gasteiger partial charge in [-0.15, -0.1) is 0 Å². The van der Waals surface area contributed by atoms with Gasteiger partial charge in [-0.05, 0) is 26.1 Å². The minimum Gasteiger partial charge on any atom is -0.469 e. The molecule has 0 aliphatic rings. The molecule has 0 aromatic carbocycles. The van der Waals surface area contributed by atoms with Crippen LogP contribution in [0.25, 0.3) is 0 Å². The highest BCUT2D eigenvalue weighted by Crippen LogP contribution is 2.00. The molecule has 1 aromatic heterocycles. The Morgan fingerprint density at radius 2 is 2.27 bits per heavy atom. The van der Waals surface area contributed by atoms with E-state index in [4.69, 9.17) is 4.42 Å². The largest absolute Gasteiger partial charge is 0.469 e. The third-order valence-corrected chi connectivity index (χ3v) is 2.00. The van der Waals surface area contributed by atoms with Crippen molar-refractivity contribution in [2.24, 2.45) is 0 Å². The van der Waals surface area contributed by atoms with E-state index in [1.807, 2.05) is 0 Å². The van der Waals surface area contributed by atoms with Gasteiger partial charge in [0.2, 0.25) is 11.8 Å². The summed E-state index contributed by atoms with van der Waals surface area (Å²) in [7, 11) is 1.65. The van der Waals surface area contributed by atoms with Crippen LogP contribution >= 0.6 is 0 Å². The third kappa shape index (κ3) is 3.55. The van der Waals surface area contributed by atoms with Crippen molar-refractivity contribution in [1.82, 2.24) is 10.6 Å². The van der Waals surface area contributed by atoms with Gasteiger partial charge < -0.3 is 9.73 Å². The number of rotatable bonds is 4. The van der Waals surface area contributed by atoms with Crippen LogP contribution in [-0.2, 0) is 16.0 Å². The van der Waals surface area contributed by atoms with Gasteiger partial charge in [0.15, 0.2) is 0 Å². The molecule has 0 aliphatic carbocycles. The van der Waals surface area contributed by atoms with Gasteiger partial charge in [0, 0.05) is 0 Å². The molecule has 1 aromatic rings. The minimum atomic E-state index is -0.384. The van der Waals surface area contributed by atoms with E-state index in [0.717, 1.165) is 0 Å². The molecule has 1 heterocycles. The predicted octanol–water partition coefficient (Wildman–Crippen LogP) is 0.0728. The normalized spacial score (nSPS) is 12.1. The number of amides is 2. The molecule has 0 aliphatic heterocycles. The van der Waals surface area contributed by atoms with E-state index in [-0.39, 0.29) is 24.3 Å². The Morgan fingerprint density at radius 3 is 2.80 bits per heavy atom. The second kappa shape index (κ2) is 5.31. The molecule has 0 fully saturated rings. The SMILES string of the molecule is CN[C@H](C)C(=O)NC(=O)Cc1ccco1. The maximum Gasteiger partial charge on any atom is 0.243 e. The summed E-state index contributed by atoms with van der Waals surface area (Å²) in [6.07, 6.45) is 1.57. The van der Waals surface area contributed by atoms with Gasteiger partial charge in [-0.2, -0.15) is 0 Å². The smallest absolute Gasteiger partial charge is 0.243 e. The van der Waals surface area contributed by atoms with Crippen LogP contribution in [0, 0.1) is 0 Å². The Morgan fingerprint density at radius 1 is 1.53 bits per heavy atom. The topological polar surface area (TPSA) is 71.3 Å². The van der Waals surface area contributed by atoms with E-state index < -0.39 is 0 Å². The molecule has 2 amide bonds. The Labute approximate surface area is 87.8 Å². The van der Waals surface area contributed by atoms with E-state index in [2.05, 4.69) is 10.6 Å². The molecule has 0 unspecified atom stereocenters. The zero-order valence-corrected chi connectivity index (χ0v) is 8.74. The van der Waals surface area contributed by atoms with Crippen molar-refractivity contribution in [3.05, 3.63) is 24.2 Å². The van der Waals surface area contributed by atoms with Crippen molar-refractivity contribution in [2.75, 3.05) is 7.05 Å². The lowest BCUT2D eigenvalue weighted by Crippen LogP contribution is -2.43. The molecule has 0 saturated heterocycles. The Kier molecular flexibility index (Phi) is 4.05. The molecule has 0 radical (unpaired) electrons. The fourth-order valence-corrected chi connectivity index (χ4v) is 0.992. The molecule has 5 heteroatoms. The molecule has 0 bridgehead atoms. The Balaban J connectivity index is 2.40. The van der Waals surface area contributed by atoms with Gasteiger partial charge in [-0.3, -0.25) is 14.9 Å². The van der Waals surface area contributed by atoms with Gasteiger partial charge >= 0.3 is 0 Å². The van der Waals surface area contributed by atoms with Gasteiger partial charge in [-0.25, -0.2) is 0 Å². The van der Waals surface area contributed by atoms with Gasteiger partial charge in [0.25, 0.3) is 0 Å². The number of carbonyl (C=O) groups excluding carboxylic acids is 2. The molecule has 82 valence electrons. The summed E-state index contributed by atoms with van der Waals surface area (Å²) < 4.78 is 4.98. The summed E-state index contributed by atoms with van der Waals surface area (Å²) in [5.74, 6) is -0.163. The zero-order chi connectivity index (χ0) is 11.3. The quantitative estimate of drug-likeness (QED) is 0.738. The van der Waals surface area contributed by atoms with Crippen LogP contribution in [0.5, 0.6) is 0 Å². The van der Waals surface area contributed by atoms with Gasteiger partial charge in [0.05, 0.1) is 18.7 Å². The number of carbonyl (C=O) groups is 2. The van der Waals surface area contributed by atoms with Crippen LogP contribution in [0.2, 0.25) is 0 Å². The second-order valence-corrected chi connectivity index (χ2v) is 3.18. The average molecular weight is 210 g/mol. The van der Waals surface area contributed by atoms with Crippen LogP contribution in [0.15, 0.2) is 22.8 Å². The summed E-state index contributed by atoms with van der Waals surface area (Å²) >= 11 is 0. The van der Waals surface area contributed by atoms with Crippen LogP contribution in [-0.4, -0.2) is 24.9 Å². The third-order valence-electron chi connectivity index (χ3n) is 2.00. The van der Waals surface area contributed by atoms with Crippen molar-refractivity contribution in [3.8, 4) is 0 Å². The van der Waals surface area contributed by atoms with Crippen molar-refractivity contribution in [2.45, 2.75) is 19.4 Å². The van der Waals surface area contributed by atoms with Crippen LogP contribution in [0.4, 0.5) is 0 Å². The first-order valence-electron chi connectivity index (χ1n) is 4.67. The first-order valence-corrected chi connectivity index (χ1v) is 4.67. The highest BCUT2D eigenvalue weighted by molar-refractivity contribution is 5.98. The maximum atomic E-state index is 11.3. The fourth-order valence-electron chi connectivity index (χ4n) is 0.992.